The predicted octanol–water partition coefficient (Wildman–Crippen LogP) is -1.31. The molecular weight excluding hydrogens is 342 g/mol. The fourth-order valence-electron chi connectivity index (χ4n) is 2.12. The van der Waals surface area contributed by atoms with E-state index < -0.39 is 0 Å². The molecule has 2 aromatic carbocycles. The van der Waals surface area contributed by atoms with Crippen LogP contribution < -0.4 is 24.8 Å². The van der Waals surface area contributed by atoms with Crippen molar-refractivity contribution in [2.75, 3.05) is 0 Å². The molecule has 0 heterocycles. The number of halogens is 2. The van der Waals surface area contributed by atoms with Crippen LogP contribution in [0.25, 0.3) is 10.8 Å². The van der Waals surface area contributed by atoms with E-state index in [1.54, 1.807) is 0 Å². The van der Waals surface area contributed by atoms with Gasteiger partial charge >= 0.3 is 26.2 Å². The van der Waals surface area contributed by atoms with Gasteiger partial charge in [0.1, 0.15) is 0 Å². The zero-order valence-electron chi connectivity index (χ0n) is 10.8. The molecule has 0 fully saturated rings. The standard InChI is InChI=1S/C15H19.2ClH.Zr/c1-2-3-4-5-8-13-11-14-9-6-7-10-15(14)12-13;;;/h6-7,9-12H,2-5,8H2,1H3;2*1H;/q-1;;;+3/p-2. The van der Waals surface area contributed by atoms with E-state index >= 15 is 0 Å². The van der Waals surface area contributed by atoms with E-state index in [2.05, 4.69) is 43.3 Å². The van der Waals surface area contributed by atoms with Crippen molar-refractivity contribution in [3.05, 3.63) is 42.0 Å². The summed E-state index contributed by atoms with van der Waals surface area (Å²) in [5, 5.41) is 2.78. The van der Waals surface area contributed by atoms with Gasteiger partial charge in [0.05, 0.1) is 0 Å². The Balaban J connectivity index is 0. The van der Waals surface area contributed by atoms with Crippen LogP contribution in [0.5, 0.6) is 0 Å². The summed E-state index contributed by atoms with van der Waals surface area (Å²) in [7, 11) is 0. The molecule has 0 aromatic heterocycles. The molecule has 0 nitrogen and oxygen atoms in total. The molecule has 0 aliphatic heterocycles. The van der Waals surface area contributed by atoms with E-state index in [9.17, 15) is 0 Å². The first-order chi connectivity index (χ1) is 7.40. The average molecular weight is 361 g/mol. The molecule has 18 heavy (non-hydrogen) atoms. The zero-order valence-corrected chi connectivity index (χ0v) is 14.7. The van der Waals surface area contributed by atoms with E-state index in [1.807, 2.05) is 0 Å². The summed E-state index contributed by atoms with van der Waals surface area (Å²) in [6.45, 7) is 2.26. The van der Waals surface area contributed by atoms with Crippen molar-refractivity contribution >= 4 is 10.8 Å². The van der Waals surface area contributed by atoms with Gasteiger partial charge in [-0.15, -0.1) is 40.6 Å². The molecule has 0 aliphatic rings. The van der Waals surface area contributed by atoms with Gasteiger partial charge in [-0.1, -0.05) is 38.7 Å². The largest absolute Gasteiger partial charge is 3.00 e. The summed E-state index contributed by atoms with van der Waals surface area (Å²) < 4.78 is 0. The number of rotatable bonds is 5. The van der Waals surface area contributed by atoms with Crippen LogP contribution in [0.3, 0.4) is 0 Å². The van der Waals surface area contributed by atoms with Crippen LogP contribution in [-0.2, 0) is 32.6 Å². The third-order valence-electron chi connectivity index (χ3n) is 3.00. The normalized spacial score (nSPS) is 9.17. The Hall–Kier alpha value is 0.293. The van der Waals surface area contributed by atoms with Gasteiger partial charge in [0, 0.05) is 0 Å². The Kier molecular flexibility index (Phi) is 12.8. The van der Waals surface area contributed by atoms with Crippen molar-refractivity contribution in [3.63, 3.8) is 0 Å². The van der Waals surface area contributed by atoms with Gasteiger partial charge in [0.2, 0.25) is 0 Å². The maximum Gasteiger partial charge on any atom is 3.00 e. The van der Waals surface area contributed by atoms with Crippen molar-refractivity contribution in [2.24, 2.45) is 0 Å². The summed E-state index contributed by atoms with van der Waals surface area (Å²) >= 11 is 0. The fourth-order valence-corrected chi connectivity index (χ4v) is 2.12. The Morgan fingerprint density at radius 1 is 1.00 bits per heavy atom. The Morgan fingerprint density at radius 2 is 1.72 bits per heavy atom. The van der Waals surface area contributed by atoms with Crippen LogP contribution in [0.15, 0.2) is 36.4 Å². The molecule has 0 bridgehead atoms. The van der Waals surface area contributed by atoms with E-state index in [0.717, 1.165) is 0 Å². The second kappa shape index (κ2) is 11.1. The van der Waals surface area contributed by atoms with Crippen molar-refractivity contribution in [1.29, 1.82) is 0 Å². The molecule has 0 saturated heterocycles. The molecule has 0 N–H and O–H groups in total. The first kappa shape index (κ1) is 20.6. The number of hydrogen-bond acceptors (Lipinski definition) is 0. The average Bonchev–Trinajstić information content (AvgIpc) is 2.67. The molecule has 0 saturated carbocycles. The van der Waals surface area contributed by atoms with Crippen LogP contribution in [0.2, 0.25) is 0 Å². The van der Waals surface area contributed by atoms with Gasteiger partial charge in [0.25, 0.3) is 0 Å². The Labute approximate surface area is 142 Å². The molecule has 0 aliphatic carbocycles. The molecule has 0 atom stereocenters. The van der Waals surface area contributed by atoms with Crippen LogP contribution in [0.1, 0.15) is 38.2 Å². The molecule has 0 unspecified atom stereocenters. The van der Waals surface area contributed by atoms with E-state index in [0.29, 0.717) is 0 Å². The fraction of sp³-hybridized carbons (Fsp3) is 0.400. The smallest absolute Gasteiger partial charge is 1.00 e. The molecule has 0 spiro atoms. The molecule has 2 aromatic rings. The minimum atomic E-state index is 0. The number of unbranched alkanes of at least 4 members (excludes halogenated alkanes) is 3. The van der Waals surface area contributed by atoms with Gasteiger partial charge in [-0.2, -0.15) is 6.07 Å². The maximum atomic E-state index is 2.33. The molecule has 97 valence electrons. The topological polar surface area (TPSA) is 0 Å². The summed E-state index contributed by atoms with van der Waals surface area (Å²) in [4.78, 5) is 0. The molecule has 3 heteroatoms. The van der Waals surface area contributed by atoms with Crippen LogP contribution >= 0.6 is 0 Å². The van der Waals surface area contributed by atoms with E-state index in [1.165, 1.54) is 48.4 Å². The molecule has 0 amide bonds. The number of hydrogen-bond donors (Lipinski definition) is 0. The number of aryl methyl sites for hydroxylation is 1. The first-order valence-electron chi connectivity index (χ1n) is 6.04. The summed E-state index contributed by atoms with van der Waals surface area (Å²) in [5.74, 6) is 0. The third kappa shape index (κ3) is 5.96. The van der Waals surface area contributed by atoms with Crippen LogP contribution in [0, 0.1) is 0 Å². The second-order valence-corrected chi connectivity index (χ2v) is 4.30. The minimum absolute atomic E-state index is 0. The van der Waals surface area contributed by atoms with Crippen molar-refractivity contribution in [3.8, 4) is 0 Å². The monoisotopic (exact) mass is 359 g/mol. The summed E-state index contributed by atoms with van der Waals surface area (Å²) in [6.07, 6.45) is 6.65. The van der Waals surface area contributed by atoms with Gasteiger partial charge < -0.3 is 24.8 Å². The Bertz CT molecular complexity index is 390. The minimum Gasteiger partial charge on any atom is -1.00 e. The molecular formula is C15H19Cl2Zr. The predicted molar refractivity (Wildman–Crippen MR) is 67.4 cm³/mol. The first-order valence-corrected chi connectivity index (χ1v) is 6.04. The Morgan fingerprint density at radius 3 is 2.39 bits per heavy atom. The van der Waals surface area contributed by atoms with Crippen LogP contribution in [0.4, 0.5) is 0 Å². The molecule has 2 rings (SSSR count). The summed E-state index contributed by atoms with van der Waals surface area (Å²) in [6, 6.07) is 13.3. The van der Waals surface area contributed by atoms with Gasteiger partial charge in [-0.05, 0) is 6.42 Å². The van der Waals surface area contributed by atoms with Gasteiger partial charge in [0.15, 0.2) is 0 Å². The van der Waals surface area contributed by atoms with Crippen molar-refractivity contribution < 1.29 is 51.0 Å². The van der Waals surface area contributed by atoms with Crippen LogP contribution in [-0.4, -0.2) is 0 Å². The maximum absolute atomic E-state index is 2.33. The number of fused-ring (bicyclic) bond motifs is 1. The molecule has 1 radical (unpaired) electrons. The summed E-state index contributed by atoms with van der Waals surface area (Å²) in [5.41, 5.74) is 1.51. The quantitative estimate of drug-likeness (QED) is 0.458. The van der Waals surface area contributed by atoms with E-state index in [-0.39, 0.29) is 51.0 Å². The van der Waals surface area contributed by atoms with E-state index in [4.69, 9.17) is 0 Å². The SMILES string of the molecule is CCCCCCc1cc2ccccc2[cH-]1.[Cl-].[Cl-].[Zr+3]. The second-order valence-electron chi connectivity index (χ2n) is 4.30. The van der Waals surface area contributed by atoms with Crippen molar-refractivity contribution in [1.82, 2.24) is 0 Å². The third-order valence-corrected chi connectivity index (χ3v) is 3.00. The zero-order chi connectivity index (χ0) is 10.5. The van der Waals surface area contributed by atoms with Gasteiger partial charge in [-0.3, -0.25) is 0 Å². The number of benzene rings is 1. The van der Waals surface area contributed by atoms with Crippen molar-refractivity contribution in [2.45, 2.75) is 39.0 Å². The van der Waals surface area contributed by atoms with Gasteiger partial charge in [-0.25, -0.2) is 0 Å².